The third kappa shape index (κ3) is 2.90. The van der Waals surface area contributed by atoms with E-state index in [-0.39, 0.29) is 11.7 Å². The number of aromatic nitrogens is 1. The summed E-state index contributed by atoms with van der Waals surface area (Å²) in [5.74, 6) is 1.02. The first kappa shape index (κ1) is 14.8. The highest BCUT2D eigenvalue weighted by molar-refractivity contribution is 7.89. The predicted octanol–water partition coefficient (Wildman–Crippen LogP) is 1.67. The van der Waals surface area contributed by atoms with Crippen LogP contribution in [0.2, 0.25) is 0 Å². The molecular weight excluding hydrogens is 304 g/mol. The maximum Gasteiger partial charge on any atom is 0.242 e. The highest BCUT2D eigenvalue weighted by Gasteiger charge is 2.24. The summed E-state index contributed by atoms with van der Waals surface area (Å²) in [6.45, 7) is 0.474. The van der Waals surface area contributed by atoms with Crippen LogP contribution in [0.15, 0.2) is 47.5 Å². The van der Waals surface area contributed by atoms with Crippen molar-refractivity contribution in [1.82, 2.24) is 9.29 Å². The summed E-state index contributed by atoms with van der Waals surface area (Å²) in [4.78, 5) is 4.39. The van der Waals surface area contributed by atoms with Crippen molar-refractivity contribution in [2.45, 2.75) is 11.3 Å². The molecule has 0 saturated heterocycles. The molecule has 0 aliphatic carbocycles. The molecule has 1 aliphatic rings. The van der Waals surface area contributed by atoms with Gasteiger partial charge in [0, 0.05) is 38.0 Å². The fourth-order valence-corrected chi connectivity index (χ4v) is 3.34. The lowest BCUT2D eigenvalue weighted by Crippen LogP contribution is -2.29. The van der Waals surface area contributed by atoms with Gasteiger partial charge < -0.3 is 9.47 Å². The Bertz CT molecular complexity index is 762. The number of ether oxygens (including phenoxy) is 2. The Morgan fingerprint density at radius 2 is 2.00 bits per heavy atom. The van der Waals surface area contributed by atoms with Crippen LogP contribution in [0.3, 0.4) is 0 Å². The topological polar surface area (TPSA) is 68.7 Å². The minimum absolute atomic E-state index is 0.119. The van der Waals surface area contributed by atoms with Crippen molar-refractivity contribution in [1.29, 1.82) is 0 Å². The summed E-state index contributed by atoms with van der Waals surface area (Å²) in [6.07, 6.45) is 2.25. The number of hydrogen-bond donors (Lipinski definition) is 0. The molecule has 7 heteroatoms. The molecule has 6 nitrogen and oxygen atoms in total. The molecule has 2 aromatic rings. The van der Waals surface area contributed by atoms with Gasteiger partial charge in [0.1, 0.15) is 0 Å². The van der Waals surface area contributed by atoms with Crippen LogP contribution in [0.1, 0.15) is 5.69 Å². The summed E-state index contributed by atoms with van der Waals surface area (Å²) in [6, 6.07) is 10.2. The van der Waals surface area contributed by atoms with Gasteiger partial charge in [-0.05, 0) is 24.3 Å². The Balaban J connectivity index is 1.74. The zero-order chi connectivity index (χ0) is 15.6. The van der Waals surface area contributed by atoms with Crippen LogP contribution >= 0.6 is 0 Å². The van der Waals surface area contributed by atoms with Gasteiger partial charge in [0.15, 0.2) is 11.5 Å². The molecule has 0 bridgehead atoms. The van der Waals surface area contributed by atoms with Gasteiger partial charge in [0.25, 0.3) is 0 Å². The maximum atomic E-state index is 12.6. The zero-order valence-corrected chi connectivity index (χ0v) is 12.9. The van der Waals surface area contributed by atoms with Crippen LogP contribution in [0, 0.1) is 0 Å². The molecule has 0 atom stereocenters. The average molecular weight is 320 g/mol. The number of benzene rings is 1. The van der Waals surface area contributed by atoms with Crippen molar-refractivity contribution in [2.75, 3.05) is 20.4 Å². The SMILES string of the molecule is CN(CCc1ccccn1)S(=O)(=O)c1ccc2c(c1)OCO2. The van der Waals surface area contributed by atoms with Crippen molar-refractivity contribution in [3.8, 4) is 11.5 Å². The Morgan fingerprint density at radius 3 is 2.77 bits per heavy atom. The first-order chi connectivity index (χ1) is 10.6. The van der Waals surface area contributed by atoms with Crippen molar-refractivity contribution < 1.29 is 17.9 Å². The lowest BCUT2D eigenvalue weighted by Gasteiger charge is -2.17. The van der Waals surface area contributed by atoms with E-state index in [1.165, 1.54) is 16.4 Å². The first-order valence-corrected chi connectivity index (χ1v) is 8.27. The van der Waals surface area contributed by atoms with E-state index in [2.05, 4.69) is 4.98 Å². The number of nitrogens with zero attached hydrogens (tertiary/aromatic N) is 2. The third-order valence-electron chi connectivity index (χ3n) is 3.46. The van der Waals surface area contributed by atoms with Gasteiger partial charge in [-0.1, -0.05) is 6.07 Å². The third-order valence-corrected chi connectivity index (χ3v) is 5.31. The molecule has 0 fully saturated rings. The van der Waals surface area contributed by atoms with Crippen LogP contribution in [-0.2, 0) is 16.4 Å². The van der Waals surface area contributed by atoms with E-state index in [0.717, 1.165) is 5.69 Å². The number of likely N-dealkylation sites (N-methyl/N-ethyl adjacent to an activating group) is 1. The highest BCUT2D eigenvalue weighted by atomic mass is 32.2. The first-order valence-electron chi connectivity index (χ1n) is 6.83. The van der Waals surface area contributed by atoms with Gasteiger partial charge in [-0.25, -0.2) is 12.7 Å². The zero-order valence-electron chi connectivity index (χ0n) is 12.1. The summed E-state index contributed by atoms with van der Waals surface area (Å²) in [5, 5.41) is 0. The summed E-state index contributed by atoms with van der Waals surface area (Å²) in [5.41, 5.74) is 0.857. The van der Waals surface area contributed by atoms with Gasteiger partial charge in [0.05, 0.1) is 4.90 Å². The van der Waals surface area contributed by atoms with E-state index in [1.807, 2.05) is 18.2 Å². The Labute approximate surface area is 129 Å². The summed E-state index contributed by atoms with van der Waals surface area (Å²) < 4.78 is 36.9. The van der Waals surface area contributed by atoms with E-state index >= 15 is 0 Å². The van der Waals surface area contributed by atoms with Gasteiger partial charge in [0.2, 0.25) is 16.8 Å². The minimum atomic E-state index is -3.56. The number of sulfonamides is 1. The molecular formula is C15H16N2O4S. The lowest BCUT2D eigenvalue weighted by atomic mass is 10.3. The molecule has 1 aromatic heterocycles. The quantitative estimate of drug-likeness (QED) is 0.838. The van der Waals surface area contributed by atoms with Crippen LogP contribution in [0.25, 0.3) is 0 Å². The number of hydrogen-bond acceptors (Lipinski definition) is 5. The lowest BCUT2D eigenvalue weighted by molar-refractivity contribution is 0.174. The fourth-order valence-electron chi connectivity index (χ4n) is 2.16. The summed E-state index contributed by atoms with van der Waals surface area (Å²) in [7, 11) is -2.00. The Kier molecular flexibility index (Phi) is 4.00. The molecule has 22 heavy (non-hydrogen) atoms. The van der Waals surface area contributed by atoms with Gasteiger partial charge in [-0.3, -0.25) is 4.98 Å². The minimum Gasteiger partial charge on any atom is -0.454 e. The molecule has 2 heterocycles. The molecule has 0 unspecified atom stereocenters. The van der Waals surface area contributed by atoms with Gasteiger partial charge >= 0.3 is 0 Å². The number of fused-ring (bicyclic) bond motifs is 1. The normalized spacial score (nSPS) is 13.5. The maximum absolute atomic E-state index is 12.6. The van der Waals surface area contributed by atoms with E-state index < -0.39 is 10.0 Å². The van der Waals surface area contributed by atoms with E-state index in [9.17, 15) is 8.42 Å². The molecule has 0 radical (unpaired) electrons. The smallest absolute Gasteiger partial charge is 0.242 e. The number of rotatable bonds is 5. The van der Waals surface area contributed by atoms with E-state index in [4.69, 9.17) is 9.47 Å². The van der Waals surface area contributed by atoms with E-state index in [0.29, 0.717) is 24.5 Å². The molecule has 0 N–H and O–H groups in total. The van der Waals surface area contributed by atoms with Gasteiger partial charge in [-0.2, -0.15) is 0 Å². The van der Waals surface area contributed by atoms with Crippen molar-refractivity contribution >= 4 is 10.0 Å². The van der Waals surface area contributed by atoms with Crippen LogP contribution < -0.4 is 9.47 Å². The van der Waals surface area contributed by atoms with Gasteiger partial charge in [-0.15, -0.1) is 0 Å². The molecule has 116 valence electrons. The molecule has 0 spiro atoms. The number of pyridine rings is 1. The largest absolute Gasteiger partial charge is 0.454 e. The monoisotopic (exact) mass is 320 g/mol. The highest BCUT2D eigenvalue weighted by Crippen LogP contribution is 2.34. The molecule has 0 saturated carbocycles. The second-order valence-corrected chi connectivity index (χ2v) is 6.96. The van der Waals surface area contributed by atoms with Crippen LogP contribution in [0.5, 0.6) is 11.5 Å². The summed E-state index contributed by atoms with van der Waals surface area (Å²) >= 11 is 0. The van der Waals surface area contributed by atoms with Crippen molar-refractivity contribution in [3.63, 3.8) is 0 Å². The predicted molar refractivity (Wildman–Crippen MR) is 80.3 cm³/mol. The average Bonchev–Trinajstić information content (AvgIpc) is 3.01. The Hall–Kier alpha value is -2.12. The molecule has 0 amide bonds. The second kappa shape index (κ2) is 5.94. The van der Waals surface area contributed by atoms with Crippen LogP contribution in [0.4, 0.5) is 0 Å². The Morgan fingerprint density at radius 1 is 1.18 bits per heavy atom. The van der Waals surface area contributed by atoms with E-state index in [1.54, 1.807) is 19.3 Å². The molecule has 1 aromatic carbocycles. The standard InChI is InChI=1S/C15H16N2O4S/c1-17(9-7-12-4-2-3-8-16-12)22(18,19)13-5-6-14-15(10-13)21-11-20-14/h2-6,8,10H,7,9,11H2,1H3. The van der Waals surface area contributed by atoms with Crippen LogP contribution in [-0.4, -0.2) is 38.1 Å². The fraction of sp³-hybridized carbons (Fsp3) is 0.267. The van der Waals surface area contributed by atoms with Crippen molar-refractivity contribution in [2.24, 2.45) is 0 Å². The molecule has 3 rings (SSSR count). The molecule has 1 aliphatic heterocycles. The van der Waals surface area contributed by atoms with Crippen molar-refractivity contribution in [3.05, 3.63) is 48.3 Å². The second-order valence-electron chi connectivity index (χ2n) is 4.91.